The van der Waals surface area contributed by atoms with Crippen LogP contribution in [0, 0.1) is 0 Å². The number of methoxy groups -OCH3 is 1. The maximum absolute atomic E-state index is 12.4. The molecule has 1 aromatic heterocycles. The molecule has 1 unspecified atom stereocenters. The molecule has 4 rings (SSSR count). The van der Waals surface area contributed by atoms with E-state index in [-0.39, 0.29) is 11.6 Å². The Morgan fingerprint density at radius 3 is 2.58 bits per heavy atom. The third-order valence-corrected chi connectivity index (χ3v) is 4.77. The standard InChI is InChI=1S/C19H18N2O5/c1-26-11-2-3-14-13(8-11)12-6-10(7-15(12)21-14)20-19(25)9-4-16(22)18(24)17(23)5-9/h2-5,8,10,21-24H,6-7H2,1H3,(H,20,25). The van der Waals surface area contributed by atoms with Gasteiger partial charge in [-0.25, -0.2) is 0 Å². The highest BCUT2D eigenvalue weighted by Gasteiger charge is 2.27. The number of carbonyl (C=O) groups excluding carboxylic acids is 1. The van der Waals surface area contributed by atoms with Crippen LogP contribution in [0.4, 0.5) is 0 Å². The Balaban J connectivity index is 1.54. The molecular formula is C19H18N2O5. The van der Waals surface area contributed by atoms with E-state index in [1.54, 1.807) is 7.11 Å². The molecule has 2 aromatic carbocycles. The fourth-order valence-corrected chi connectivity index (χ4v) is 3.49. The van der Waals surface area contributed by atoms with Crippen LogP contribution in [-0.2, 0) is 12.8 Å². The summed E-state index contributed by atoms with van der Waals surface area (Å²) < 4.78 is 5.28. The smallest absolute Gasteiger partial charge is 0.251 e. The first kappa shape index (κ1) is 16.1. The average molecular weight is 354 g/mol. The number of H-pyrrole nitrogens is 1. The second kappa shape index (κ2) is 5.87. The molecule has 0 saturated carbocycles. The molecular weight excluding hydrogens is 336 g/mol. The molecule has 0 spiro atoms. The van der Waals surface area contributed by atoms with E-state index in [9.17, 15) is 20.1 Å². The van der Waals surface area contributed by atoms with Gasteiger partial charge in [0.2, 0.25) is 0 Å². The number of hydrogen-bond acceptors (Lipinski definition) is 5. The molecule has 26 heavy (non-hydrogen) atoms. The summed E-state index contributed by atoms with van der Waals surface area (Å²) in [7, 11) is 1.62. The third-order valence-electron chi connectivity index (χ3n) is 4.77. The quantitative estimate of drug-likeness (QED) is 0.463. The van der Waals surface area contributed by atoms with Crippen molar-refractivity contribution in [1.82, 2.24) is 10.3 Å². The number of nitrogens with one attached hydrogen (secondary N) is 2. The van der Waals surface area contributed by atoms with E-state index in [0.717, 1.165) is 40.0 Å². The summed E-state index contributed by atoms with van der Waals surface area (Å²) in [6.07, 6.45) is 1.33. The van der Waals surface area contributed by atoms with E-state index in [0.29, 0.717) is 12.8 Å². The number of phenolic OH excluding ortho intramolecular Hbond substituents is 3. The maximum Gasteiger partial charge on any atom is 0.251 e. The largest absolute Gasteiger partial charge is 0.504 e. The fraction of sp³-hybridized carbons (Fsp3) is 0.211. The number of benzene rings is 2. The van der Waals surface area contributed by atoms with Crippen molar-refractivity contribution < 1.29 is 24.9 Å². The van der Waals surface area contributed by atoms with E-state index in [4.69, 9.17) is 4.74 Å². The summed E-state index contributed by atoms with van der Waals surface area (Å²) in [6, 6.07) is 8.00. The molecule has 134 valence electrons. The van der Waals surface area contributed by atoms with E-state index < -0.39 is 23.2 Å². The number of aromatic amines is 1. The molecule has 0 aliphatic heterocycles. The van der Waals surface area contributed by atoms with Crippen molar-refractivity contribution in [2.45, 2.75) is 18.9 Å². The van der Waals surface area contributed by atoms with Gasteiger partial charge in [0.15, 0.2) is 17.2 Å². The molecule has 1 amide bonds. The van der Waals surface area contributed by atoms with Crippen molar-refractivity contribution in [3.05, 3.63) is 47.2 Å². The highest BCUT2D eigenvalue weighted by atomic mass is 16.5. The highest BCUT2D eigenvalue weighted by Crippen LogP contribution is 2.36. The molecule has 3 aromatic rings. The second-order valence-electron chi connectivity index (χ2n) is 6.44. The van der Waals surface area contributed by atoms with Crippen LogP contribution in [0.2, 0.25) is 0 Å². The Morgan fingerprint density at radius 2 is 1.88 bits per heavy atom. The number of aromatic hydroxyl groups is 3. The van der Waals surface area contributed by atoms with Crippen molar-refractivity contribution in [3.63, 3.8) is 0 Å². The SMILES string of the molecule is COc1ccc2[nH]c3c(c2c1)CC(NC(=O)c1cc(O)c(O)c(O)c1)C3. The maximum atomic E-state index is 12.4. The van der Waals surface area contributed by atoms with Gasteiger partial charge in [0, 0.05) is 34.6 Å². The molecule has 0 saturated heterocycles. The molecule has 1 aliphatic rings. The lowest BCUT2D eigenvalue weighted by Gasteiger charge is -2.13. The van der Waals surface area contributed by atoms with E-state index >= 15 is 0 Å². The predicted octanol–water partition coefficient (Wildman–Crippen LogP) is 2.19. The summed E-state index contributed by atoms with van der Waals surface area (Å²) in [4.78, 5) is 15.8. The lowest BCUT2D eigenvalue weighted by molar-refractivity contribution is 0.0937. The lowest BCUT2D eigenvalue weighted by Crippen LogP contribution is -2.35. The van der Waals surface area contributed by atoms with Gasteiger partial charge < -0.3 is 30.4 Å². The van der Waals surface area contributed by atoms with Crippen molar-refractivity contribution in [1.29, 1.82) is 0 Å². The zero-order valence-corrected chi connectivity index (χ0v) is 14.0. The third kappa shape index (κ3) is 2.57. The Morgan fingerprint density at radius 1 is 1.15 bits per heavy atom. The number of fused-ring (bicyclic) bond motifs is 3. The summed E-state index contributed by atoms with van der Waals surface area (Å²) in [5, 5.41) is 32.5. The summed E-state index contributed by atoms with van der Waals surface area (Å²) >= 11 is 0. The minimum absolute atomic E-state index is 0.0832. The molecule has 0 fully saturated rings. The molecule has 1 heterocycles. The molecule has 5 N–H and O–H groups in total. The van der Waals surface area contributed by atoms with Gasteiger partial charge in [0.1, 0.15) is 5.75 Å². The van der Waals surface area contributed by atoms with Gasteiger partial charge in [-0.05, 0) is 42.3 Å². The van der Waals surface area contributed by atoms with E-state index in [1.807, 2.05) is 18.2 Å². The van der Waals surface area contributed by atoms with Crippen LogP contribution in [0.1, 0.15) is 21.6 Å². The normalized spacial score (nSPS) is 15.8. The topological polar surface area (TPSA) is 115 Å². The van der Waals surface area contributed by atoms with E-state index in [1.165, 1.54) is 0 Å². The van der Waals surface area contributed by atoms with Crippen molar-refractivity contribution >= 4 is 16.8 Å². The van der Waals surface area contributed by atoms with Crippen LogP contribution >= 0.6 is 0 Å². The minimum Gasteiger partial charge on any atom is -0.504 e. The number of carbonyl (C=O) groups is 1. The zero-order chi connectivity index (χ0) is 18.4. The van der Waals surface area contributed by atoms with Gasteiger partial charge in [-0.15, -0.1) is 0 Å². The monoisotopic (exact) mass is 354 g/mol. The van der Waals surface area contributed by atoms with Crippen LogP contribution in [-0.4, -0.2) is 39.4 Å². The van der Waals surface area contributed by atoms with Crippen molar-refractivity contribution in [2.24, 2.45) is 0 Å². The zero-order valence-electron chi connectivity index (χ0n) is 14.0. The van der Waals surface area contributed by atoms with Gasteiger partial charge >= 0.3 is 0 Å². The Hall–Kier alpha value is -3.35. The molecule has 1 aliphatic carbocycles. The first-order valence-electron chi connectivity index (χ1n) is 8.19. The number of rotatable bonds is 3. The minimum atomic E-state index is -0.641. The van der Waals surface area contributed by atoms with Crippen molar-refractivity contribution in [2.75, 3.05) is 7.11 Å². The predicted molar refractivity (Wildman–Crippen MR) is 94.9 cm³/mol. The number of aromatic nitrogens is 1. The molecule has 0 radical (unpaired) electrons. The van der Waals surface area contributed by atoms with E-state index in [2.05, 4.69) is 10.3 Å². The Bertz CT molecular complexity index is 1000. The lowest BCUT2D eigenvalue weighted by atomic mass is 10.1. The Labute approximate surface area is 148 Å². The van der Waals surface area contributed by atoms with Crippen LogP contribution in [0.5, 0.6) is 23.0 Å². The van der Waals surface area contributed by atoms with Gasteiger partial charge in [-0.2, -0.15) is 0 Å². The molecule has 7 nitrogen and oxygen atoms in total. The van der Waals surface area contributed by atoms with Gasteiger partial charge in [-0.3, -0.25) is 4.79 Å². The van der Waals surface area contributed by atoms with Crippen molar-refractivity contribution in [3.8, 4) is 23.0 Å². The number of amides is 1. The van der Waals surface area contributed by atoms with Crippen LogP contribution in [0.3, 0.4) is 0 Å². The number of ether oxygens (including phenoxy) is 1. The first-order chi connectivity index (χ1) is 12.5. The first-order valence-corrected chi connectivity index (χ1v) is 8.19. The van der Waals surface area contributed by atoms with Crippen LogP contribution in [0.25, 0.3) is 10.9 Å². The van der Waals surface area contributed by atoms with Crippen LogP contribution in [0.15, 0.2) is 30.3 Å². The Kier molecular flexibility index (Phi) is 3.64. The second-order valence-corrected chi connectivity index (χ2v) is 6.44. The molecule has 1 atom stereocenters. The van der Waals surface area contributed by atoms with Gasteiger partial charge in [0.05, 0.1) is 7.11 Å². The van der Waals surface area contributed by atoms with Gasteiger partial charge in [-0.1, -0.05) is 0 Å². The highest BCUT2D eigenvalue weighted by molar-refractivity contribution is 5.96. The number of hydrogen-bond donors (Lipinski definition) is 5. The molecule has 0 bridgehead atoms. The van der Waals surface area contributed by atoms with Gasteiger partial charge in [0.25, 0.3) is 5.91 Å². The summed E-state index contributed by atoms with van der Waals surface area (Å²) in [5.41, 5.74) is 3.35. The van der Waals surface area contributed by atoms with Crippen LogP contribution < -0.4 is 10.1 Å². The average Bonchev–Trinajstić information content (AvgIpc) is 3.15. The molecule has 7 heteroatoms. The fourth-order valence-electron chi connectivity index (χ4n) is 3.49. The number of phenols is 3. The summed E-state index contributed by atoms with van der Waals surface area (Å²) in [6.45, 7) is 0. The summed E-state index contributed by atoms with van der Waals surface area (Å²) in [5.74, 6) is -1.36.